The van der Waals surface area contributed by atoms with Gasteiger partial charge in [-0.2, -0.15) is 12.6 Å². The number of rotatable bonds is 10. The van der Waals surface area contributed by atoms with Gasteiger partial charge in [-0.25, -0.2) is 0 Å². The Bertz CT molecular complexity index is 406. The highest BCUT2D eigenvalue weighted by Gasteiger charge is 2.30. The first-order valence-corrected chi connectivity index (χ1v) is 9.99. The Hall–Kier alpha value is -0.510. The molecule has 1 atom stereocenters. The van der Waals surface area contributed by atoms with Gasteiger partial charge in [0.1, 0.15) is 5.78 Å². The fourth-order valence-electron chi connectivity index (χ4n) is 2.81. The molecular formula is C21H40O3S. The second-order valence-electron chi connectivity index (χ2n) is 10.1. The van der Waals surface area contributed by atoms with Gasteiger partial charge in [-0.15, -0.1) is 0 Å². The first-order valence-electron chi connectivity index (χ1n) is 9.54. The van der Waals surface area contributed by atoms with Crippen LogP contribution in [0.5, 0.6) is 0 Å². The number of carbonyl (C=O) groups is 2. The maximum absolute atomic E-state index is 12.5. The minimum atomic E-state index is -0.258. The molecule has 0 saturated carbocycles. The van der Waals surface area contributed by atoms with Crippen LogP contribution in [0.3, 0.4) is 0 Å². The van der Waals surface area contributed by atoms with Crippen molar-refractivity contribution in [1.82, 2.24) is 0 Å². The first kappa shape index (κ1) is 24.5. The van der Waals surface area contributed by atoms with Gasteiger partial charge in [-0.05, 0) is 37.5 Å². The average Bonchev–Trinajstić information content (AvgIpc) is 2.37. The Morgan fingerprint density at radius 1 is 0.880 bits per heavy atom. The summed E-state index contributed by atoms with van der Waals surface area (Å²) in [6.07, 6.45) is 4.72. The van der Waals surface area contributed by atoms with Crippen molar-refractivity contribution in [3.8, 4) is 0 Å². The number of unbranched alkanes of at least 4 members (excludes halogenated alkanes) is 2. The third kappa shape index (κ3) is 13.4. The summed E-state index contributed by atoms with van der Waals surface area (Å²) in [5.74, 6) is 0.0727. The van der Waals surface area contributed by atoms with E-state index in [1.54, 1.807) is 0 Å². The third-order valence-electron chi connectivity index (χ3n) is 4.07. The molecule has 0 aromatic heterocycles. The second kappa shape index (κ2) is 9.99. The van der Waals surface area contributed by atoms with Gasteiger partial charge in [-0.1, -0.05) is 55.4 Å². The van der Waals surface area contributed by atoms with Crippen molar-refractivity contribution >= 4 is 24.4 Å². The highest BCUT2D eigenvalue weighted by atomic mass is 32.1. The smallest absolute Gasteiger partial charge is 0.308 e. The number of Topliss-reactive ketones (excluding diaryl/α,β-unsaturated/α-hetero) is 1. The van der Waals surface area contributed by atoms with Crippen molar-refractivity contribution in [2.24, 2.45) is 16.7 Å². The van der Waals surface area contributed by atoms with Crippen LogP contribution in [0, 0.1) is 16.7 Å². The van der Waals surface area contributed by atoms with Crippen LogP contribution >= 0.6 is 12.6 Å². The van der Waals surface area contributed by atoms with Gasteiger partial charge in [0.15, 0.2) is 0 Å². The minimum Gasteiger partial charge on any atom is -0.465 e. The molecule has 0 spiro atoms. The lowest BCUT2D eigenvalue weighted by atomic mass is 9.81. The number of carbonyl (C=O) groups excluding carboxylic acids is 2. The van der Waals surface area contributed by atoms with Crippen molar-refractivity contribution in [3.05, 3.63) is 0 Å². The molecule has 0 saturated heterocycles. The summed E-state index contributed by atoms with van der Waals surface area (Å²) in [5.41, 5.74) is -0.178. The standard InChI is InChI=1S/C21H40O3S/c1-19(2,3)14-16(15-21(7,8)25)18(23)24-13-11-9-10-12-17(22)20(4,5)6/h16,25H,9-15H2,1-8H3. The quantitative estimate of drug-likeness (QED) is 0.297. The molecule has 0 bridgehead atoms. The molecule has 148 valence electrons. The SMILES string of the molecule is CC(C)(C)CC(CC(C)(C)S)C(=O)OCCCCCC(=O)C(C)(C)C. The zero-order valence-electron chi connectivity index (χ0n) is 17.7. The van der Waals surface area contributed by atoms with Crippen molar-refractivity contribution in [2.45, 2.75) is 98.7 Å². The topological polar surface area (TPSA) is 43.4 Å². The predicted molar refractivity (Wildman–Crippen MR) is 109 cm³/mol. The Morgan fingerprint density at radius 2 is 1.44 bits per heavy atom. The summed E-state index contributed by atoms with van der Waals surface area (Å²) in [7, 11) is 0. The lowest BCUT2D eigenvalue weighted by Gasteiger charge is -2.29. The molecule has 0 aliphatic rings. The van der Waals surface area contributed by atoms with Crippen molar-refractivity contribution < 1.29 is 14.3 Å². The van der Waals surface area contributed by atoms with Crippen LogP contribution in [0.15, 0.2) is 0 Å². The molecule has 0 N–H and O–H groups in total. The van der Waals surface area contributed by atoms with Gasteiger partial charge in [0.25, 0.3) is 0 Å². The van der Waals surface area contributed by atoms with E-state index < -0.39 is 0 Å². The van der Waals surface area contributed by atoms with Crippen LogP contribution in [-0.4, -0.2) is 23.1 Å². The highest BCUT2D eigenvalue weighted by molar-refractivity contribution is 7.81. The number of ketones is 1. The van der Waals surface area contributed by atoms with Gasteiger partial charge in [0.05, 0.1) is 12.5 Å². The van der Waals surface area contributed by atoms with Gasteiger partial charge < -0.3 is 4.74 Å². The van der Waals surface area contributed by atoms with Crippen molar-refractivity contribution in [2.75, 3.05) is 6.61 Å². The minimum absolute atomic E-state index is 0.0794. The molecule has 0 heterocycles. The maximum Gasteiger partial charge on any atom is 0.308 e. The molecule has 0 aromatic rings. The van der Waals surface area contributed by atoms with Crippen molar-refractivity contribution in [3.63, 3.8) is 0 Å². The van der Waals surface area contributed by atoms with Gasteiger partial charge in [0.2, 0.25) is 0 Å². The van der Waals surface area contributed by atoms with Crippen LogP contribution in [0.2, 0.25) is 0 Å². The monoisotopic (exact) mass is 372 g/mol. The normalized spacial score (nSPS) is 14.3. The van der Waals surface area contributed by atoms with E-state index in [4.69, 9.17) is 4.74 Å². The highest BCUT2D eigenvalue weighted by Crippen LogP contribution is 2.32. The molecule has 0 aromatic carbocycles. The van der Waals surface area contributed by atoms with Gasteiger partial charge in [-0.3, -0.25) is 9.59 Å². The zero-order valence-corrected chi connectivity index (χ0v) is 18.6. The molecular weight excluding hydrogens is 332 g/mol. The lowest BCUT2D eigenvalue weighted by Crippen LogP contribution is -2.29. The molecule has 4 heteroatoms. The van der Waals surface area contributed by atoms with E-state index in [0.29, 0.717) is 25.2 Å². The lowest BCUT2D eigenvalue weighted by molar-refractivity contribution is -0.150. The van der Waals surface area contributed by atoms with E-state index in [0.717, 1.165) is 25.7 Å². The molecule has 1 unspecified atom stereocenters. The molecule has 0 rings (SSSR count). The van der Waals surface area contributed by atoms with Crippen molar-refractivity contribution in [1.29, 1.82) is 0 Å². The number of esters is 1. The summed E-state index contributed by atoms with van der Waals surface area (Å²) in [6.45, 7) is 16.8. The van der Waals surface area contributed by atoms with Gasteiger partial charge >= 0.3 is 5.97 Å². The fraction of sp³-hybridized carbons (Fsp3) is 0.905. The summed E-state index contributed by atoms with van der Waals surface area (Å²) >= 11 is 4.58. The molecule has 0 fully saturated rings. The molecule has 25 heavy (non-hydrogen) atoms. The fourth-order valence-corrected chi connectivity index (χ4v) is 3.03. The molecule has 0 aliphatic carbocycles. The van der Waals surface area contributed by atoms with Crippen LogP contribution in [0.1, 0.15) is 93.9 Å². The van der Waals surface area contributed by atoms with E-state index >= 15 is 0 Å². The first-order chi connectivity index (χ1) is 11.1. The van der Waals surface area contributed by atoms with E-state index in [2.05, 4.69) is 33.4 Å². The third-order valence-corrected chi connectivity index (χ3v) is 4.25. The summed E-state index contributed by atoms with van der Waals surface area (Å²) in [6, 6.07) is 0. The number of ether oxygens (including phenoxy) is 1. The number of thiol groups is 1. The Labute approximate surface area is 161 Å². The summed E-state index contributed by atoms with van der Waals surface area (Å²) in [5, 5.41) is 0. The van der Waals surface area contributed by atoms with Crippen LogP contribution < -0.4 is 0 Å². The molecule has 0 radical (unpaired) electrons. The Morgan fingerprint density at radius 3 is 1.88 bits per heavy atom. The van der Waals surface area contributed by atoms with E-state index in [1.807, 2.05) is 34.6 Å². The van der Waals surface area contributed by atoms with E-state index in [9.17, 15) is 9.59 Å². The average molecular weight is 373 g/mol. The predicted octanol–water partition coefficient (Wildman–Crippen LogP) is 5.86. The molecule has 0 aliphatic heterocycles. The summed E-state index contributed by atoms with van der Waals surface area (Å²) < 4.78 is 5.32. The Balaban J connectivity index is 4.24. The maximum atomic E-state index is 12.5. The Kier molecular flexibility index (Phi) is 9.78. The van der Waals surface area contributed by atoms with E-state index in [1.165, 1.54) is 0 Å². The zero-order chi connectivity index (χ0) is 19.9. The molecule has 0 amide bonds. The van der Waals surface area contributed by atoms with E-state index in [-0.39, 0.29) is 27.5 Å². The second-order valence-corrected chi connectivity index (χ2v) is 11.3. The molecule has 3 nitrogen and oxygen atoms in total. The van der Waals surface area contributed by atoms with Crippen LogP contribution in [0.25, 0.3) is 0 Å². The number of hydrogen-bond donors (Lipinski definition) is 1. The number of hydrogen-bond acceptors (Lipinski definition) is 4. The summed E-state index contributed by atoms with van der Waals surface area (Å²) in [4.78, 5) is 24.3. The largest absolute Gasteiger partial charge is 0.465 e. The van der Waals surface area contributed by atoms with Crippen LogP contribution in [-0.2, 0) is 14.3 Å². The van der Waals surface area contributed by atoms with Gasteiger partial charge in [0, 0.05) is 16.6 Å². The van der Waals surface area contributed by atoms with Crippen LogP contribution in [0.4, 0.5) is 0 Å².